The number of likely N-dealkylation sites (tertiary alicyclic amines) is 1. The number of nitrogens with zero attached hydrogens (tertiary/aromatic N) is 5. The predicted molar refractivity (Wildman–Crippen MR) is 234 cm³/mol. The Morgan fingerprint density at radius 3 is 2.20 bits per heavy atom. The monoisotopic (exact) mass is 817 g/mol. The first-order valence-electron chi connectivity index (χ1n) is 20.4. The third-order valence-corrected chi connectivity index (χ3v) is 9.89. The van der Waals surface area contributed by atoms with Crippen LogP contribution in [0.15, 0.2) is 42.6 Å². The second-order valence-corrected chi connectivity index (χ2v) is 16.8. The van der Waals surface area contributed by atoms with Crippen molar-refractivity contribution >= 4 is 41.6 Å². The molecule has 2 amide bonds. The fraction of sp³-hybridized carbons (Fsp3) is 0.556. The lowest BCUT2D eigenvalue weighted by Crippen LogP contribution is -2.50. The molecule has 4 N–H and O–H groups in total. The van der Waals surface area contributed by atoms with E-state index in [1.165, 1.54) is 26.3 Å². The van der Waals surface area contributed by atoms with Gasteiger partial charge in [0, 0.05) is 77.2 Å². The van der Waals surface area contributed by atoms with E-state index in [0.717, 1.165) is 60.5 Å². The Morgan fingerprint density at radius 2 is 1.75 bits per heavy atom. The minimum absolute atomic E-state index is 0.0476. The summed E-state index contributed by atoms with van der Waals surface area (Å²) in [6.07, 6.45) is 8.00. The number of hydrogen-bond acceptors (Lipinski definition) is 11. The maximum absolute atomic E-state index is 12.9. The molecule has 2 saturated heterocycles. The third-order valence-electron chi connectivity index (χ3n) is 9.89. The molecule has 2 aliphatic heterocycles. The van der Waals surface area contributed by atoms with Gasteiger partial charge in [0.2, 0.25) is 11.8 Å². The Bertz CT molecular complexity index is 1850. The standard InChI is InChI=1S/C32H41N5O4.C5H12N2.C5H9NO.C3H6O/c1-20(2)30(36(6)7)31(41)35-26(17-38)11-22-10-24(13-27(40)12-22)23-8-9-28-25(15-33)16-37(29(28)14-23)19-32(4,5)18-34-21(3)39;1-7-5-3-2-4-6-7;1-6-2-5(3-6)4-7;1-2-3-4/h8-10,12-14,16-17,20,26,30,40H,11,18-19H2,1-7H3,(H,34,39)(H,35,41);6H,2-5H2,1H3;4-5H,2-3H2,1H3;3H,2H2,1H3. The predicted octanol–water partition coefficient (Wildman–Crippen LogP) is 4.42. The highest BCUT2D eigenvalue weighted by Crippen LogP contribution is 2.32. The Kier molecular flexibility index (Phi) is 21.2. The van der Waals surface area contributed by atoms with Crippen molar-refractivity contribution in [1.29, 1.82) is 5.26 Å². The number of likely N-dealkylation sites (N-methyl/N-ethyl adjacent to an activating group) is 1. The van der Waals surface area contributed by atoms with Crippen molar-refractivity contribution in [3.8, 4) is 22.9 Å². The molecule has 0 aliphatic carbocycles. The number of nitrogens with one attached hydrogen (secondary N) is 3. The molecule has 324 valence electrons. The molecule has 2 unspecified atom stereocenters. The van der Waals surface area contributed by atoms with Crippen LogP contribution in [0.2, 0.25) is 0 Å². The number of phenolic OH excluding ortho intramolecular Hbond substituents is 1. The number of aldehydes is 3. The Hall–Kier alpha value is -4.94. The molecular weight excluding hydrogens is 749 g/mol. The molecule has 2 fully saturated rings. The van der Waals surface area contributed by atoms with Crippen molar-refractivity contribution < 1.29 is 29.1 Å². The molecule has 0 radical (unpaired) electrons. The van der Waals surface area contributed by atoms with E-state index < -0.39 is 6.04 Å². The number of fused-ring (bicyclic) bond motifs is 1. The number of benzene rings is 2. The fourth-order valence-electron chi connectivity index (χ4n) is 6.98. The van der Waals surface area contributed by atoms with E-state index >= 15 is 0 Å². The molecule has 0 spiro atoms. The fourth-order valence-corrected chi connectivity index (χ4v) is 6.98. The van der Waals surface area contributed by atoms with E-state index in [2.05, 4.69) is 52.9 Å². The van der Waals surface area contributed by atoms with Crippen LogP contribution in [0.3, 0.4) is 0 Å². The number of carbonyl (C=O) groups is 5. The van der Waals surface area contributed by atoms with Crippen LogP contribution in [0.25, 0.3) is 22.0 Å². The van der Waals surface area contributed by atoms with Crippen LogP contribution in [-0.2, 0) is 36.9 Å². The van der Waals surface area contributed by atoms with E-state index in [1.54, 1.807) is 12.1 Å². The van der Waals surface area contributed by atoms with Crippen LogP contribution in [0.4, 0.5) is 0 Å². The minimum Gasteiger partial charge on any atom is -0.508 e. The topological polar surface area (TPSA) is 180 Å². The lowest BCUT2D eigenvalue weighted by Gasteiger charge is -2.31. The van der Waals surface area contributed by atoms with Gasteiger partial charge in [0.15, 0.2) is 0 Å². The summed E-state index contributed by atoms with van der Waals surface area (Å²) in [4.78, 5) is 59.3. The van der Waals surface area contributed by atoms with Gasteiger partial charge in [-0.05, 0) is 86.6 Å². The molecular formula is C45H68N8O6. The highest BCUT2D eigenvalue weighted by Gasteiger charge is 2.27. The normalized spacial score (nSPS) is 15.4. The zero-order valence-corrected chi connectivity index (χ0v) is 36.9. The molecule has 2 aliphatic rings. The summed E-state index contributed by atoms with van der Waals surface area (Å²) in [5, 5.41) is 29.0. The number of hydrazine groups is 1. The lowest BCUT2D eigenvalue weighted by molar-refractivity contribution is -0.129. The Morgan fingerprint density at radius 1 is 1.07 bits per heavy atom. The molecule has 14 nitrogen and oxygen atoms in total. The number of amides is 2. The average Bonchev–Trinajstić information content (AvgIpc) is 3.51. The zero-order valence-electron chi connectivity index (χ0n) is 36.9. The van der Waals surface area contributed by atoms with Crippen LogP contribution < -0.4 is 16.1 Å². The Balaban J connectivity index is 0.000000543. The van der Waals surface area contributed by atoms with Crippen molar-refractivity contribution in [2.24, 2.45) is 17.3 Å². The molecule has 14 heteroatoms. The zero-order chi connectivity index (χ0) is 44.3. The number of phenols is 1. The summed E-state index contributed by atoms with van der Waals surface area (Å²) >= 11 is 0. The molecule has 0 saturated carbocycles. The van der Waals surface area contributed by atoms with E-state index in [1.807, 2.05) is 81.8 Å². The van der Waals surface area contributed by atoms with Crippen molar-refractivity contribution in [2.75, 3.05) is 60.9 Å². The van der Waals surface area contributed by atoms with Crippen molar-refractivity contribution in [2.45, 2.75) is 85.9 Å². The smallest absolute Gasteiger partial charge is 0.238 e. The molecule has 1 aromatic heterocycles. The minimum atomic E-state index is -0.748. The van der Waals surface area contributed by atoms with Gasteiger partial charge in [0.1, 0.15) is 30.7 Å². The second kappa shape index (κ2) is 24.9. The van der Waals surface area contributed by atoms with Gasteiger partial charge in [-0.2, -0.15) is 5.26 Å². The van der Waals surface area contributed by atoms with E-state index in [0.29, 0.717) is 36.6 Å². The number of aromatic nitrogens is 1. The maximum Gasteiger partial charge on any atom is 0.238 e. The van der Waals surface area contributed by atoms with Crippen LogP contribution in [0.5, 0.6) is 5.75 Å². The molecule has 2 aromatic carbocycles. The summed E-state index contributed by atoms with van der Waals surface area (Å²) in [5.41, 5.74) is 6.64. The molecule has 5 rings (SSSR count). The number of carbonyl (C=O) groups excluding carboxylic acids is 5. The first-order valence-corrected chi connectivity index (χ1v) is 20.4. The van der Waals surface area contributed by atoms with Gasteiger partial charge >= 0.3 is 0 Å². The van der Waals surface area contributed by atoms with Gasteiger partial charge in [-0.1, -0.05) is 52.8 Å². The average molecular weight is 817 g/mol. The van der Waals surface area contributed by atoms with Gasteiger partial charge < -0.3 is 39.6 Å². The molecule has 0 bridgehead atoms. The summed E-state index contributed by atoms with van der Waals surface area (Å²) < 4.78 is 2.02. The lowest BCUT2D eigenvalue weighted by atomic mass is 9.93. The van der Waals surface area contributed by atoms with Crippen LogP contribution >= 0.6 is 0 Å². The van der Waals surface area contributed by atoms with E-state index in [-0.39, 0.29) is 41.4 Å². The summed E-state index contributed by atoms with van der Waals surface area (Å²) in [5.74, 6) is 0.139. The van der Waals surface area contributed by atoms with Crippen molar-refractivity contribution in [3.05, 3.63) is 53.7 Å². The number of aromatic hydroxyl groups is 1. The quantitative estimate of drug-likeness (QED) is 0.169. The highest BCUT2D eigenvalue weighted by atomic mass is 16.3. The second-order valence-electron chi connectivity index (χ2n) is 16.8. The number of rotatable bonds is 14. The SMILES string of the molecule is CC(=O)NCC(C)(C)Cn1cc(C#N)c2ccc(-c3cc(O)cc(CC(C=O)NC(=O)C(C(C)C)N(C)C)c3)cc21.CCC=O.CN1CC(C=O)C1.CN1CCCCN1. The summed E-state index contributed by atoms with van der Waals surface area (Å²) in [7, 11) is 7.76. The van der Waals surface area contributed by atoms with Gasteiger partial charge in [-0.25, -0.2) is 5.01 Å². The van der Waals surface area contributed by atoms with Crippen molar-refractivity contribution in [3.63, 3.8) is 0 Å². The highest BCUT2D eigenvalue weighted by molar-refractivity contribution is 5.90. The van der Waals surface area contributed by atoms with Crippen molar-refractivity contribution in [1.82, 2.24) is 35.4 Å². The van der Waals surface area contributed by atoms with Crippen LogP contribution in [0, 0.1) is 28.6 Å². The van der Waals surface area contributed by atoms with Gasteiger partial charge in [0.25, 0.3) is 0 Å². The number of hydrogen-bond donors (Lipinski definition) is 4. The van der Waals surface area contributed by atoms with Crippen LogP contribution in [-0.4, -0.2) is 128 Å². The first kappa shape index (κ1) is 50.2. The first-order chi connectivity index (χ1) is 27.9. The summed E-state index contributed by atoms with van der Waals surface area (Å²) in [6, 6.07) is 12.1. The maximum atomic E-state index is 12.9. The van der Waals surface area contributed by atoms with Gasteiger partial charge in [-0.15, -0.1) is 0 Å². The Labute approximate surface area is 351 Å². The molecule has 3 aromatic rings. The van der Waals surface area contributed by atoms with Gasteiger partial charge in [0.05, 0.1) is 23.2 Å². The molecule has 3 heterocycles. The summed E-state index contributed by atoms with van der Waals surface area (Å²) in [6.45, 7) is 16.7. The number of nitriles is 1. The van der Waals surface area contributed by atoms with E-state index in [4.69, 9.17) is 0 Å². The third kappa shape index (κ3) is 17.1. The molecule has 59 heavy (non-hydrogen) atoms. The van der Waals surface area contributed by atoms with Gasteiger partial charge in [-0.3, -0.25) is 19.9 Å². The molecule has 2 atom stereocenters. The van der Waals surface area contributed by atoms with E-state index in [9.17, 15) is 34.3 Å². The van der Waals surface area contributed by atoms with Crippen LogP contribution in [0.1, 0.15) is 71.9 Å². The largest absolute Gasteiger partial charge is 0.508 e.